The van der Waals surface area contributed by atoms with Crippen LogP contribution in [0.1, 0.15) is 26.5 Å². The predicted molar refractivity (Wildman–Crippen MR) is 162 cm³/mol. The Kier molecular flexibility index (Phi) is 6.96. The van der Waals surface area contributed by atoms with Gasteiger partial charge in [0, 0.05) is 48.4 Å². The number of ether oxygens (including phenoxy) is 1. The molecule has 4 aromatic rings. The van der Waals surface area contributed by atoms with Crippen LogP contribution in [0.3, 0.4) is 0 Å². The molecule has 2 fully saturated rings. The number of hydrogen-bond donors (Lipinski definition) is 2. The molecule has 4 heterocycles. The molecule has 0 saturated carbocycles. The van der Waals surface area contributed by atoms with Gasteiger partial charge in [-0.05, 0) is 41.8 Å². The number of anilines is 3. The maximum Gasteiger partial charge on any atom is 0.407 e. The first-order valence-corrected chi connectivity index (χ1v) is 14.1. The van der Waals surface area contributed by atoms with E-state index in [1.165, 1.54) is 17.3 Å². The fourth-order valence-corrected chi connectivity index (χ4v) is 6.74. The highest BCUT2D eigenvalue weighted by atomic mass is 35.5. The van der Waals surface area contributed by atoms with Crippen molar-refractivity contribution >= 4 is 51.5 Å². The van der Waals surface area contributed by atoms with E-state index in [2.05, 4.69) is 20.3 Å². The van der Waals surface area contributed by atoms with Gasteiger partial charge in [-0.15, -0.1) is 0 Å². The Balaban J connectivity index is 1.23. The van der Waals surface area contributed by atoms with Crippen molar-refractivity contribution in [3.05, 3.63) is 81.9 Å². The monoisotopic (exact) mass is 603 g/mol. The molecule has 2 N–H and O–H groups in total. The standard InChI is InChI=1S/C30H30ClN7O5/c1-29(2,3)27-30(16-37(27)28(39)40)14-36(15-30)23-12-22-20(11-24(23)38(41)42)26(34-17-33-22)35-18-7-8-25(21(31)10-18)43-13-19-6-4-5-9-32-19/h4-12,17,27H,13-16H2,1-3H3,(H,39,40)(H,33,34,35). The van der Waals surface area contributed by atoms with Crippen LogP contribution < -0.4 is 15.0 Å². The molecule has 0 bridgehead atoms. The van der Waals surface area contributed by atoms with E-state index in [0.717, 1.165) is 5.69 Å². The van der Waals surface area contributed by atoms with Gasteiger partial charge in [-0.1, -0.05) is 38.4 Å². The number of carbonyl (C=O) groups is 1. The Morgan fingerprint density at radius 3 is 2.60 bits per heavy atom. The van der Waals surface area contributed by atoms with Crippen molar-refractivity contribution in [2.24, 2.45) is 10.8 Å². The Hall–Kier alpha value is -4.71. The van der Waals surface area contributed by atoms with Gasteiger partial charge in [0.2, 0.25) is 0 Å². The molecule has 12 nitrogen and oxygen atoms in total. The lowest BCUT2D eigenvalue weighted by Gasteiger charge is -2.68. The molecule has 1 unspecified atom stereocenters. The van der Waals surface area contributed by atoms with Gasteiger partial charge >= 0.3 is 6.09 Å². The Morgan fingerprint density at radius 2 is 1.95 bits per heavy atom. The predicted octanol–water partition coefficient (Wildman–Crippen LogP) is 6.12. The highest BCUT2D eigenvalue weighted by Gasteiger charge is 2.64. The first-order chi connectivity index (χ1) is 20.4. The van der Waals surface area contributed by atoms with Crippen molar-refractivity contribution in [2.45, 2.75) is 33.4 Å². The second-order valence-electron chi connectivity index (χ2n) is 12.1. The van der Waals surface area contributed by atoms with Gasteiger partial charge in [-0.25, -0.2) is 14.8 Å². The van der Waals surface area contributed by atoms with Crippen LogP contribution in [0.15, 0.2) is 61.1 Å². The van der Waals surface area contributed by atoms with Crippen LogP contribution >= 0.6 is 11.6 Å². The van der Waals surface area contributed by atoms with Crippen LogP contribution in [0.25, 0.3) is 10.9 Å². The molecule has 13 heteroatoms. The number of carboxylic acid groups (broad SMARTS) is 1. The van der Waals surface area contributed by atoms with E-state index < -0.39 is 11.0 Å². The first kappa shape index (κ1) is 28.4. The van der Waals surface area contributed by atoms with E-state index in [1.807, 2.05) is 43.9 Å². The van der Waals surface area contributed by atoms with Gasteiger partial charge in [0.25, 0.3) is 5.69 Å². The maximum atomic E-state index is 12.2. The van der Waals surface area contributed by atoms with Gasteiger partial charge in [0.1, 0.15) is 30.2 Å². The van der Waals surface area contributed by atoms with Crippen LogP contribution in [0.5, 0.6) is 5.75 Å². The number of halogens is 1. The normalized spacial score (nSPS) is 17.3. The molecular formula is C30H30ClN7O5. The molecule has 0 aliphatic carbocycles. The summed E-state index contributed by atoms with van der Waals surface area (Å²) in [5.41, 5.74) is 1.79. The maximum absolute atomic E-state index is 12.2. The fraction of sp³-hybridized carbons (Fsp3) is 0.333. The number of aromatic nitrogens is 3. The number of fused-ring (bicyclic) bond motifs is 1. The van der Waals surface area contributed by atoms with Crippen molar-refractivity contribution in [1.82, 2.24) is 19.9 Å². The minimum atomic E-state index is -0.939. The number of nitro benzene ring substituents is 1. The van der Waals surface area contributed by atoms with Crippen molar-refractivity contribution in [1.29, 1.82) is 0 Å². The van der Waals surface area contributed by atoms with E-state index in [1.54, 1.807) is 30.5 Å². The summed E-state index contributed by atoms with van der Waals surface area (Å²) in [6, 6.07) is 13.8. The van der Waals surface area contributed by atoms with Gasteiger partial charge in [-0.3, -0.25) is 15.1 Å². The summed E-state index contributed by atoms with van der Waals surface area (Å²) < 4.78 is 5.80. The second kappa shape index (κ2) is 10.5. The topological polar surface area (TPSA) is 147 Å². The highest BCUT2D eigenvalue weighted by Crippen LogP contribution is 2.54. The number of pyridine rings is 1. The molecular weight excluding hydrogens is 574 g/mol. The lowest BCUT2D eigenvalue weighted by Crippen LogP contribution is -2.81. The zero-order valence-corrected chi connectivity index (χ0v) is 24.6. The summed E-state index contributed by atoms with van der Waals surface area (Å²) in [5.74, 6) is 0.881. The average Bonchev–Trinajstić information content (AvgIpc) is 2.90. The van der Waals surface area contributed by atoms with Crippen LogP contribution in [-0.2, 0) is 6.61 Å². The number of nitro groups is 1. The smallest absolute Gasteiger partial charge is 0.407 e. The number of amides is 1. The van der Waals surface area contributed by atoms with Crippen molar-refractivity contribution < 1.29 is 19.6 Å². The third-order valence-electron chi connectivity index (χ3n) is 8.02. The minimum absolute atomic E-state index is 0.0711. The van der Waals surface area contributed by atoms with E-state index in [4.69, 9.17) is 16.3 Å². The lowest BCUT2D eigenvalue weighted by atomic mass is 9.58. The second-order valence-corrected chi connectivity index (χ2v) is 12.5. The lowest BCUT2D eigenvalue weighted by molar-refractivity contribution is -0.384. The molecule has 1 atom stereocenters. The third kappa shape index (κ3) is 5.22. The molecule has 1 spiro atoms. The zero-order chi connectivity index (χ0) is 30.5. The number of nitrogens with one attached hydrogen (secondary N) is 1. The van der Waals surface area contributed by atoms with Crippen molar-refractivity contribution in [3.8, 4) is 5.75 Å². The SMILES string of the molecule is CC(C)(C)C1N(C(=O)O)CC12CN(c1cc3ncnc(Nc4ccc(OCc5ccccn5)c(Cl)c4)c3cc1[N+](=O)[O-])C2. The van der Waals surface area contributed by atoms with Crippen LogP contribution in [-0.4, -0.2) is 61.7 Å². The van der Waals surface area contributed by atoms with E-state index in [-0.39, 0.29) is 29.2 Å². The highest BCUT2D eigenvalue weighted by molar-refractivity contribution is 6.32. The molecule has 43 heavy (non-hydrogen) atoms. The molecule has 2 aromatic heterocycles. The summed E-state index contributed by atoms with van der Waals surface area (Å²) >= 11 is 6.48. The third-order valence-corrected chi connectivity index (χ3v) is 8.32. The number of rotatable bonds is 7. The number of likely N-dealkylation sites (tertiary alicyclic amines) is 1. The largest absolute Gasteiger partial charge is 0.486 e. The summed E-state index contributed by atoms with van der Waals surface area (Å²) in [6.45, 7) is 7.80. The Morgan fingerprint density at radius 1 is 1.16 bits per heavy atom. The molecule has 6 rings (SSSR count). The van der Waals surface area contributed by atoms with E-state index in [9.17, 15) is 20.0 Å². The Labute approximate surface area is 252 Å². The van der Waals surface area contributed by atoms with Crippen molar-refractivity contribution in [2.75, 3.05) is 29.9 Å². The fourth-order valence-electron chi connectivity index (χ4n) is 6.50. The molecule has 0 radical (unpaired) electrons. The van der Waals surface area contributed by atoms with Crippen LogP contribution in [0.4, 0.5) is 27.7 Å². The summed E-state index contributed by atoms with van der Waals surface area (Å²) in [4.78, 5) is 40.0. The van der Waals surface area contributed by atoms with Crippen molar-refractivity contribution in [3.63, 3.8) is 0 Å². The molecule has 2 aliphatic heterocycles. The summed E-state index contributed by atoms with van der Waals surface area (Å²) in [5, 5.41) is 25.9. The molecule has 2 aromatic carbocycles. The van der Waals surface area contributed by atoms with Gasteiger partial charge in [-0.2, -0.15) is 0 Å². The van der Waals surface area contributed by atoms with Gasteiger partial charge in [0.05, 0.1) is 27.2 Å². The first-order valence-electron chi connectivity index (χ1n) is 13.7. The minimum Gasteiger partial charge on any atom is -0.486 e. The number of benzene rings is 2. The Bertz CT molecular complexity index is 1720. The van der Waals surface area contributed by atoms with Gasteiger partial charge < -0.3 is 25.0 Å². The summed E-state index contributed by atoms with van der Waals surface area (Å²) in [7, 11) is 0. The quantitative estimate of drug-likeness (QED) is 0.187. The number of nitrogens with zero attached hydrogens (tertiary/aromatic N) is 6. The molecule has 2 aliphatic rings. The molecule has 2 saturated heterocycles. The van der Waals surface area contributed by atoms with E-state index >= 15 is 0 Å². The number of hydrogen-bond acceptors (Lipinski definition) is 9. The van der Waals surface area contributed by atoms with E-state index in [0.29, 0.717) is 58.5 Å². The molecule has 222 valence electrons. The van der Waals surface area contributed by atoms with Crippen LogP contribution in [0.2, 0.25) is 5.02 Å². The average molecular weight is 604 g/mol. The van der Waals surface area contributed by atoms with Gasteiger partial charge in [0.15, 0.2) is 0 Å². The zero-order valence-electron chi connectivity index (χ0n) is 23.8. The molecule has 1 amide bonds. The van der Waals surface area contributed by atoms with Crippen LogP contribution in [0, 0.1) is 20.9 Å². The summed E-state index contributed by atoms with van der Waals surface area (Å²) in [6.07, 6.45) is 2.15.